The van der Waals surface area contributed by atoms with Crippen molar-refractivity contribution in [2.24, 2.45) is 0 Å². The van der Waals surface area contributed by atoms with Crippen LogP contribution in [0, 0.1) is 0 Å². The molecular weight excluding hydrogens is 276 g/mol. The molecule has 2 rings (SSSR count). The van der Waals surface area contributed by atoms with Crippen LogP contribution in [-0.2, 0) is 23.7 Å². The van der Waals surface area contributed by atoms with Crippen molar-refractivity contribution in [3.63, 3.8) is 0 Å². The van der Waals surface area contributed by atoms with E-state index >= 15 is 0 Å². The van der Waals surface area contributed by atoms with Crippen LogP contribution in [0.4, 0.5) is 0 Å². The Morgan fingerprint density at radius 3 is 2.22 bits per heavy atom. The Morgan fingerprint density at radius 1 is 1.06 bits per heavy atom. The molecule has 5 nitrogen and oxygen atoms in total. The van der Waals surface area contributed by atoms with Gasteiger partial charge in [-0.25, -0.2) is 0 Å². The van der Waals surface area contributed by atoms with Gasteiger partial charge >= 0.3 is 0 Å². The van der Waals surface area contributed by atoms with Crippen LogP contribution in [0.25, 0.3) is 0 Å². The molecule has 2 aliphatic rings. The predicted molar refractivity (Wildman–Crippen MR) is 72.1 cm³/mol. The van der Waals surface area contributed by atoms with Crippen LogP contribution in [0.1, 0.15) is 0 Å². The van der Waals surface area contributed by atoms with Gasteiger partial charge in [0.25, 0.3) is 0 Å². The molecule has 7 heteroatoms. The number of rotatable bonds is 10. The zero-order valence-corrected chi connectivity index (χ0v) is 11.8. The standard InChI is InChI=1S/C11H18O5S2/c17-11-16-10(8-18-11)6-14-4-2-12-1-3-13-5-9-7-15-9/h9-10H,1-8H2. The van der Waals surface area contributed by atoms with E-state index in [4.69, 9.17) is 35.9 Å². The highest BCUT2D eigenvalue weighted by molar-refractivity contribution is 8.22. The molecule has 0 saturated carbocycles. The number of hydrogen-bond acceptors (Lipinski definition) is 7. The molecule has 2 heterocycles. The van der Waals surface area contributed by atoms with Gasteiger partial charge in [-0.2, -0.15) is 0 Å². The molecular formula is C11H18O5S2. The van der Waals surface area contributed by atoms with Crippen LogP contribution >= 0.6 is 24.0 Å². The van der Waals surface area contributed by atoms with Crippen LogP contribution in [0.3, 0.4) is 0 Å². The van der Waals surface area contributed by atoms with Gasteiger partial charge < -0.3 is 23.7 Å². The lowest BCUT2D eigenvalue weighted by Gasteiger charge is -2.10. The zero-order chi connectivity index (χ0) is 12.6. The van der Waals surface area contributed by atoms with Gasteiger partial charge in [0.2, 0.25) is 4.38 Å². The summed E-state index contributed by atoms with van der Waals surface area (Å²) >= 11 is 6.48. The molecule has 0 spiro atoms. The molecule has 0 aliphatic carbocycles. The van der Waals surface area contributed by atoms with Crippen LogP contribution in [0.15, 0.2) is 0 Å². The second-order valence-corrected chi connectivity index (χ2v) is 5.64. The fourth-order valence-electron chi connectivity index (χ4n) is 1.38. The molecule has 2 fully saturated rings. The molecule has 0 aromatic heterocycles. The molecule has 0 radical (unpaired) electrons. The molecule has 2 saturated heterocycles. The molecule has 0 bridgehead atoms. The highest BCUT2D eigenvalue weighted by atomic mass is 32.2. The van der Waals surface area contributed by atoms with Gasteiger partial charge in [-0.3, -0.25) is 0 Å². The van der Waals surface area contributed by atoms with Gasteiger partial charge in [-0.05, 0) is 12.2 Å². The van der Waals surface area contributed by atoms with Crippen molar-refractivity contribution in [1.82, 2.24) is 0 Å². The summed E-state index contributed by atoms with van der Waals surface area (Å²) in [5.41, 5.74) is 0. The second-order valence-electron chi connectivity index (χ2n) is 4.02. The topological polar surface area (TPSA) is 49.5 Å². The van der Waals surface area contributed by atoms with E-state index in [1.54, 1.807) is 11.8 Å². The summed E-state index contributed by atoms with van der Waals surface area (Å²) in [7, 11) is 0. The molecule has 104 valence electrons. The predicted octanol–water partition coefficient (Wildman–Crippen LogP) is 0.852. The van der Waals surface area contributed by atoms with Crippen molar-refractivity contribution < 1.29 is 23.7 Å². The first-order valence-corrected chi connectivity index (χ1v) is 7.42. The van der Waals surface area contributed by atoms with E-state index in [0.717, 1.165) is 12.4 Å². The normalized spacial score (nSPS) is 26.3. The number of ether oxygens (including phenoxy) is 5. The lowest BCUT2D eigenvalue weighted by Crippen LogP contribution is -2.19. The van der Waals surface area contributed by atoms with Crippen molar-refractivity contribution >= 4 is 28.4 Å². The number of hydrogen-bond donors (Lipinski definition) is 0. The minimum Gasteiger partial charge on any atom is -0.472 e. The van der Waals surface area contributed by atoms with Gasteiger partial charge in [-0.15, -0.1) is 0 Å². The average molecular weight is 294 g/mol. The molecule has 0 N–H and O–H groups in total. The van der Waals surface area contributed by atoms with Crippen molar-refractivity contribution in [3.8, 4) is 0 Å². The largest absolute Gasteiger partial charge is 0.472 e. The summed E-state index contributed by atoms with van der Waals surface area (Å²) in [6.07, 6.45) is 0.424. The summed E-state index contributed by atoms with van der Waals surface area (Å²) in [6.45, 7) is 4.44. The van der Waals surface area contributed by atoms with Crippen molar-refractivity contribution in [2.75, 3.05) is 52.0 Å². The monoisotopic (exact) mass is 294 g/mol. The van der Waals surface area contributed by atoms with Crippen LogP contribution in [0.2, 0.25) is 0 Å². The maximum absolute atomic E-state index is 5.44. The average Bonchev–Trinajstić information content (AvgIpc) is 3.09. The van der Waals surface area contributed by atoms with Crippen LogP contribution in [0.5, 0.6) is 0 Å². The molecule has 2 atom stereocenters. The van der Waals surface area contributed by atoms with Crippen LogP contribution < -0.4 is 0 Å². The quantitative estimate of drug-likeness (QED) is 0.336. The van der Waals surface area contributed by atoms with E-state index in [1.165, 1.54) is 0 Å². The minimum atomic E-state index is 0.101. The summed E-state index contributed by atoms with van der Waals surface area (Å²) in [5.74, 6) is 0.886. The minimum absolute atomic E-state index is 0.101. The summed E-state index contributed by atoms with van der Waals surface area (Å²) in [4.78, 5) is 0. The molecule has 0 aromatic rings. The first-order valence-electron chi connectivity index (χ1n) is 6.03. The zero-order valence-electron chi connectivity index (χ0n) is 10.2. The maximum atomic E-state index is 5.44. The van der Waals surface area contributed by atoms with Crippen molar-refractivity contribution in [2.45, 2.75) is 12.2 Å². The van der Waals surface area contributed by atoms with Crippen molar-refractivity contribution in [3.05, 3.63) is 0 Å². The maximum Gasteiger partial charge on any atom is 0.220 e. The summed E-state index contributed by atoms with van der Waals surface area (Å²) in [6, 6.07) is 0. The van der Waals surface area contributed by atoms with Gasteiger partial charge in [0.1, 0.15) is 12.2 Å². The van der Waals surface area contributed by atoms with E-state index in [9.17, 15) is 0 Å². The SMILES string of the molecule is S=C1OC(COCCOCCOCC2CO2)CS1. The van der Waals surface area contributed by atoms with Crippen LogP contribution in [-0.4, -0.2) is 68.6 Å². The third kappa shape index (κ3) is 6.31. The highest BCUT2D eigenvalue weighted by Crippen LogP contribution is 2.19. The second kappa shape index (κ2) is 8.29. The van der Waals surface area contributed by atoms with Gasteiger partial charge in [0.05, 0.1) is 46.2 Å². The lowest BCUT2D eigenvalue weighted by atomic mass is 10.4. The highest BCUT2D eigenvalue weighted by Gasteiger charge is 2.22. The first-order chi connectivity index (χ1) is 8.84. The first kappa shape index (κ1) is 14.5. The van der Waals surface area contributed by atoms with Gasteiger partial charge in [0.15, 0.2) is 0 Å². The Morgan fingerprint density at radius 2 is 1.67 bits per heavy atom. The summed E-state index contributed by atoms with van der Waals surface area (Å²) in [5, 5.41) is 0. The van der Waals surface area contributed by atoms with E-state index in [2.05, 4.69) is 0 Å². The number of thioether (sulfide) groups is 1. The Kier molecular flexibility index (Phi) is 6.67. The van der Waals surface area contributed by atoms with E-state index in [0.29, 0.717) is 50.1 Å². The fourth-order valence-corrected chi connectivity index (χ4v) is 2.41. The Balaban J connectivity index is 1.30. The third-order valence-electron chi connectivity index (χ3n) is 2.40. The third-order valence-corrected chi connectivity index (χ3v) is 3.72. The molecule has 2 unspecified atom stereocenters. The van der Waals surface area contributed by atoms with Gasteiger partial charge in [-0.1, -0.05) is 11.8 Å². The number of thiocarbonyl (C=S) groups is 1. The fraction of sp³-hybridized carbons (Fsp3) is 0.909. The Bertz CT molecular complexity index is 260. The van der Waals surface area contributed by atoms with E-state index in [-0.39, 0.29) is 6.10 Å². The Labute approximate surface area is 116 Å². The molecule has 0 amide bonds. The Hall–Kier alpha value is 0.0800. The molecule has 0 aromatic carbocycles. The lowest BCUT2D eigenvalue weighted by molar-refractivity contribution is -0.00232. The molecule has 18 heavy (non-hydrogen) atoms. The summed E-state index contributed by atoms with van der Waals surface area (Å²) < 4.78 is 27.1. The number of epoxide rings is 1. The van der Waals surface area contributed by atoms with E-state index in [1.807, 2.05) is 0 Å². The van der Waals surface area contributed by atoms with E-state index < -0.39 is 0 Å². The van der Waals surface area contributed by atoms with Crippen molar-refractivity contribution in [1.29, 1.82) is 0 Å². The van der Waals surface area contributed by atoms with Gasteiger partial charge in [0, 0.05) is 5.75 Å². The molecule has 2 aliphatic heterocycles. The smallest absolute Gasteiger partial charge is 0.220 e.